The predicted octanol–water partition coefficient (Wildman–Crippen LogP) is 6.38. The Kier molecular flexibility index (Phi) is 8.34. The molecule has 0 aliphatic heterocycles. The van der Waals surface area contributed by atoms with Gasteiger partial charge < -0.3 is 10.6 Å². The van der Waals surface area contributed by atoms with Crippen LogP contribution in [0.3, 0.4) is 0 Å². The van der Waals surface area contributed by atoms with Gasteiger partial charge in [0, 0.05) is 15.8 Å². The van der Waals surface area contributed by atoms with Crippen LogP contribution in [0.25, 0.3) is 0 Å². The van der Waals surface area contributed by atoms with Gasteiger partial charge in [-0.25, -0.2) is 10.1 Å². The minimum absolute atomic E-state index is 0.306. The number of nitrogens with zero attached hydrogens (tertiary/aromatic N) is 4. The highest BCUT2D eigenvalue weighted by molar-refractivity contribution is 9.10. The van der Waals surface area contributed by atoms with Gasteiger partial charge in [0.05, 0.1) is 16.3 Å². The van der Waals surface area contributed by atoms with Crippen molar-refractivity contribution in [3.05, 3.63) is 97.9 Å². The number of rotatable bonds is 9. The molecule has 0 unspecified atom stereocenters. The highest BCUT2D eigenvalue weighted by atomic mass is 79.9. The summed E-state index contributed by atoms with van der Waals surface area (Å²) in [6.07, 6.45) is 1.65. The number of halogens is 3. The van der Waals surface area contributed by atoms with Crippen LogP contribution in [0.15, 0.2) is 81.5 Å². The van der Waals surface area contributed by atoms with Gasteiger partial charge in [0.2, 0.25) is 5.16 Å². The molecule has 34 heavy (non-hydrogen) atoms. The topological polar surface area (TPSA) is 90.3 Å². The maximum Gasteiger partial charge on any atom is 0.264 e. The summed E-state index contributed by atoms with van der Waals surface area (Å²) >= 11 is 16.9. The quantitative estimate of drug-likeness (QED) is 0.104. The van der Waals surface area contributed by atoms with E-state index in [1.54, 1.807) is 12.3 Å². The van der Waals surface area contributed by atoms with Crippen molar-refractivity contribution in [2.75, 3.05) is 11.3 Å². The van der Waals surface area contributed by atoms with E-state index in [2.05, 4.69) is 36.7 Å². The zero-order valence-electron chi connectivity index (χ0n) is 17.7. The van der Waals surface area contributed by atoms with Crippen molar-refractivity contribution in [3.63, 3.8) is 0 Å². The first-order chi connectivity index (χ1) is 16.5. The van der Waals surface area contributed by atoms with Crippen LogP contribution in [-0.4, -0.2) is 21.1 Å². The lowest BCUT2D eigenvalue weighted by Gasteiger charge is -2.09. The SMILES string of the molecule is Nn1c(N/N=C/c2ccccc2OCc2cccc(Br)c2)nnc1SCc1ccc(Cl)c(Cl)c1. The Hall–Kier alpha value is -2.72. The summed E-state index contributed by atoms with van der Waals surface area (Å²) in [7, 11) is 0. The van der Waals surface area contributed by atoms with Crippen LogP contribution < -0.4 is 16.0 Å². The molecule has 174 valence electrons. The van der Waals surface area contributed by atoms with Crippen LogP contribution in [0.2, 0.25) is 10.0 Å². The van der Waals surface area contributed by atoms with Gasteiger partial charge in [-0.05, 0) is 47.5 Å². The molecule has 0 saturated heterocycles. The van der Waals surface area contributed by atoms with E-state index in [1.807, 2.05) is 60.7 Å². The summed E-state index contributed by atoms with van der Waals surface area (Å²) < 4.78 is 8.33. The summed E-state index contributed by atoms with van der Waals surface area (Å²) in [4.78, 5) is 0. The van der Waals surface area contributed by atoms with Crippen LogP contribution in [0.1, 0.15) is 16.7 Å². The highest BCUT2D eigenvalue weighted by Crippen LogP contribution is 2.27. The molecule has 3 N–H and O–H groups in total. The standard InChI is InChI=1S/C23H19BrCl2N6OS/c24-18-6-3-4-15(10-18)13-33-21-7-2-1-5-17(21)12-28-29-22-30-31-23(32(22)27)34-14-16-8-9-19(25)20(26)11-16/h1-12H,13-14,27H2,(H,29,30)/b28-12+. The van der Waals surface area contributed by atoms with Crippen molar-refractivity contribution in [2.45, 2.75) is 17.5 Å². The first kappa shape index (κ1) is 24.4. The molecule has 0 saturated carbocycles. The third-order valence-electron chi connectivity index (χ3n) is 4.59. The molecule has 4 rings (SSSR count). The van der Waals surface area contributed by atoms with Crippen LogP contribution in [0, 0.1) is 0 Å². The van der Waals surface area contributed by atoms with E-state index in [4.69, 9.17) is 33.8 Å². The number of nitrogen functional groups attached to an aromatic ring is 1. The van der Waals surface area contributed by atoms with Gasteiger partial charge >= 0.3 is 0 Å². The minimum Gasteiger partial charge on any atom is -0.488 e. The molecule has 0 fully saturated rings. The predicted molar refractivity (Wildman–Crippen MR) is 142 cm³/mol. The molecule has 0 radical (unpaired) electrons. The van der Waals surface area contributed by atoms with Crippen LogP contribution in [0.4, 0.5) is 5.95 Å². The number of benzene rings is 3. The summed E-state index contributed by atoms with van der Waals surface area (Å²) in [6, 6.07) is 21.1. The minimum atomic E-state index is 0.306. The van der Waals surface area contributed by atoms with E-state index in [1.165, 1.54) is 16.4 Å². The van der Waals surface area contributed by atoms with Gasteiger partial charge in [-0.1, -0.05) is 81.2 Å². The summed E-state index contributed by atoms with van der Waals surface area (Å²) in [5.41, 5.74) is 5.68. The number of hydrogen-bond acceptors (Lipinski definition) is 7. The zero-order valence-corrected chi connectivity index (χ0v) is 21.6. The maximum absolute atomic E-state index is 6.11. The van der Waals surface area contributed by atoms with E-state index in [0.717, 1.165) is 21.2 Å². The van der Waals surface area contributed by atoms with Crippen molar-refractivity contribution in [1.82, 2.24) is 14.9 Å². The van der Waals surface area contributed by atoms with E-state index >= 15 is 0 Å². The fourth-order valence-electron chi connectivity index (χ4n) is 2.90. The summed E-state index contributed by atoms with van der Waals surface area (Å²) in [6.45, 7) is 0.439. The van der Waals surface area contributed by atoms with Crippen LogP contribution in [0.5, 0.6) is 5.75 Å². The summed E-state index contributed by atoms with van der Waals surface area (Å²) in [5.74, 6) is 7.74. The Bertz CT molecular complexity index is 1320. The summed E-state index contributed by atoms with van der Waals surface area (Å²) in [5, 5.41) is 14.0. The Labute approximate surface area is 219 Å². The number of hydrazone groups is 1. The van der Waals surface area contributed by atoms with Gasteiger partial charge in [0.25, 0.3) is 5.95 Å². The van der Waals surface area contributed by atoms with Gasteiger partial charge in [0.1, 0.15) is 12.4 Å². The monoisotopic (exact) mass is 576 g/mol. The second-order valence-electron chi connectivity index (χ2n) is 7.04. The fraction of sp³-hybridized carbons (Fsp3) is 0.0870. The van der Waals surface area contributed by atoms with E-state index in [9.17, 15) is 0 Å². The number of nitrogens with one attached hydrogen (secondary N) is 1. The molecule has 1 heterocycles. The number of ether oxygens (including phenoxy) is 1. The lowest BCUT2D eigenvalue weighted by atomic mass is 10.2. The second kappa shape index (κ2) is 11.6. The molecule has 0 bridgehead atoms. The molecule has 0 spiro atoms. The number of para-hydroxylation sites is 1. The largest absolute Gasteiger partial charge is 0.488 e. The van der Waals surface area contributed by atoms with E-state index < -0.39 is 0 Å². The molecule has 7 nitrogen and oxygen atoms in total. The molecule has 0 aliphatic carbocycles. The first-order valence-corrected chi connectivity index (χ1v) is 12.6. The molecule has 11 heteroatoms. The van der Waals surface area contributed by atoms with Crippen molar-refractivity contribution >= 4 is 63.1 Å². The molecule has 0 aliphatic rings. The third-order valence-corrected chi connectivity index (χ3v) is 6.83. The Balaban J connectivity index is 1.36. The Morgan fingerprint density at radius 2 is 1.88 bits per heavy atom. The third kappa shape index (κ3) is 6.44. The number of thioether (sulfide) groups is 1. The molecule has 3 aromatic carbocycles. The fourth-order valence-corrected chi connectivity index (χ4v) is 4.46. The molecule has 1 aromatic heterocycles. The Morgan fingerprint density at radius 3 is 2.71 bits per heavy atom. The van der Waals surface area contributed by atoms with Crippen molar-refractivity contribution < 1.29 is 4.74 Å². The molecule has 0 atom stereocenters. The van der Waals surface area contributed by atoms with Gasteiger partial charge in [-0.3, -0.25) is 0 Å². The van der Waals surface area contributed by atoms with Crippen LogP contribution >= 0.6 is 50.9 Å². The van der Waals surface area contributed by atoms with Crippen molar-refractivity contribution in [3.8, 4) is 5.75 Å². The Morgan fingerprint density at radius 1 is 1.03 bits per heavy atom. The lowest BCUT2D eigenvalue weighted by molar-refractivity contribution is 0.305. The van der Waals surface area contributed by atoms with Crippen molar-refractivity contribution in [2.24, 2.45) is 5.10 Å². The smallest absolute Gasteiger partial charge is 0.264 e. The van der Waals surface area contributed by atoms with Gasteiger partial charge in [0.15, 0.2) is 0 Å². The normalized spacial score (nSPS) is 11.1. The average molecular weight is 578 g/mol. The van der Waals surface area contributed by atoms with Gasteiger partial charge in [-0.2, -0.15) is 5.10 Å². The van der Waals surface area contributed by atoms with Gasteiger partial charge in [-0.15, -0.1) is 10.2 Å². The number of aromatic nitrogens is 3. The molecule has 4 aromatic rings. The van der Waals surface area contributed by atoms with E-state index in [0.29, 0.717) is 39.3 Å². The number of nitrogens with two attached hydrogens (primary N) is 1. The second-order valence-corrected chi connectivity index (χ2v) is 9.71. The zero-order chi connectivity index (χ0) is 23.9. The average Bonchev–Trinajstić information content (AvgIpc) is 3.18. The first-order valence-electron chi connectivity index (χ1n) is 10.0. The number of hydrogen-bond donors (Lipinski definition) is 2. The highest BCUT2D eigenvalue weighted by Gasteiger charge is 2.10. The molecule has 0 amide bonds. The lowest BCUT2D eigenvalue weighted by Crippen LogP contribution is -2.13. The molecular formula is C23H19BrCl2N6OS. The molecular weight excluding hydrogens is 559 g/mol. The van der Waals surface area contributed by atoms with Crippen molar-refractivity contribution in [1.29, 1.82) is 0 Å². The van der Waals surface area contributed by atoms with Crippen LogP contribution in [-0.2, 0) is 12.4 Å². The maximum atomic E-state index is 6.11. The van der Waals surface area contributed by atoms with E-state index in [-0.39, 0.29) is 0 Å². The number of anilines is 1.